The number of benzene rings is 1. The highest BCUT2D eigenvalue weighted by Crippen LogP contribution is 2.22. The summed E-state index contributed by atoms with van der Waals surface area (Å²) in [6.07, 6.45) is 8.60. The van der Waals surface area contributed by atoms with Crippen LogP contribution in [0.5, 0.6) is 0 Å². The molecule has 0 aliphatic rings. The van der Waals surface area contributed by atoms with E-state index in [1.54, 1.807) is 42.8 Å². The number of fused-ring (bicyclic) bond motifs is 1. The lowest BCUT2D eigenvalue weighted by Crippen LogP contribution is -2.32. The molecule has 4 N–H and O–H groups in total. The fraction of sp³-hybridized carbons (Fsp3) is 0.296. The van der Waals surface area contributed by atoms with Crippen molar-refractivity contribution in [2.75, 3.05) is 6.54 Å². The number of hydrogen-bond acceptors (Lipinski definition) is 6. The molecule has 8 nitrogen and oxygen atoms in total. The number of aliphatic hydroxyl groups is 1. The fourth-order valence-corrected chi connectivity index (χ4v) is 3.52. The third-order valence-corrected chi connectivity index (χ3v) is 5.27. The minimum Gasteiger partial charge on any atom is -0.390 e. The van der Waals surface area contributed by atoms with Crippen LogP contribution < -0.4 is 16.2 Å². The van der Waals surface area contributed by atoms with Crippen molar-refractivity contribution in [2.45, 2.75) is 39.7 Å². The molecule has 0 spiro atoms. The Labute approximate surface area is 204 Å². The minimum absolute atomic E-state index is 0.0365. The van der Waals surface area contributed by atoms with Crippen LogP contribution in [0.15, 0.2) is 71.9 Å². The third-order valence-electron chi connectivity index (χ3n) is 5.27. The van der Waals surface area contributed by atoms with Gasteiger partial charge in [0, 0.05) is 30.8 Å². The zero-order valence-electron chi connectivity index (χ0n) is 20.4. The molecule has 35 heavy (non-hydrogen) atoms. The highest BCUT2D eigenvalue weighted by atomic mass is 16.5. The van der Waals surface area contributed by atoms with Crippen molar-refractivity contribution in [1.29, 1.82) is 0 Å². The molecule has 2 heterocycles. The van der Waals surface area contributed by atoms with Crippen molar-refractivity contribution in [3.8, 4) is 5.69 Å². The van der Waals surface area contributed by atoms with Crippen LogP contribution in [0.1, 0.15) is 50.0 Å². The number of carbonyl (C=O) groups excluding carboxylic acids is 1. The van der Waals surface area contributed by atoms with E-state index in [4.69, 9.17) is 0 Å². The summed E-state index contributed by atoms with van der Waals surface area (Å²) in [5.41, 5.74) is 3.43. The Kier molecular flexibility index (Phi) is 8.22. The number of carbonyl (C=O) groups is 1. The number of nitrogens with zero attached hydrogens (tertiary/aromatic N) is 2. The minimum atomic E-state index is -0.858. The summed E-state index contributed by atoms with van der Waals surface area (Å²) in [6.45, 7) is 7.86. The van der Waals surface area contributed by atoms with Gasteiger partial charge in [-0.15, -0.1) is 0 Å². The molecule has 184 valence electrons. The first-order valence-corrected chi connectivity index (χ1v) is 11.5. The van der Waals surface area contributed by atoms with E-state index in [0.29, 0.717) is 35.3 Å². The van der Waals surface area contributed by atoms with Gasteiger partial charge >= 0.3 is 0 Å². The Balaban J connectivity index is 2.11. The van der Waals surface area contributed by atoms with Crippen LogP contribution in [0, 0.1) is 5.92 Å². The lowest BCUT2D eigenvalue weighted by atomic mass is 10.0. The molecule has 3 rings (SSSR count). The highest BCUT2D eigenvalue weighted by Gasteiger charge is 2.17. The molecule has 0 saturated carbocycles. The van der Waals surface area contributed by atoms with Gasteiger partial charge in [-0.3, -0.25) is 20.3 Å². The number of aromatic nitrogens is 2. The molecule has 1 amide bonds. The highest BCUT2D eigenvalue weighted by molar-refractivity contribution is 5.97. The van der Waals surface area contributed by atoms with Crippen LogP contribution in [0.2, 0.25) is 0 Å². The molecular weight excluding hydrogens is 444 g/mol. The number of nitrogens with one attached hydrogen (secondary N) is 2. The van der Waals surface area contributed by atoms with E-state index in [-0.39, 0.29) is 16.9 Å². The predicted octanol–water partition coefficient (Wildman–Crippen LogP) is 3.81. The second kappa shape index (κ2) is 11.1. The first-order chi connectivity index (χ1) is 16.6. The van der Waals surface area contributed by atoms with Gasteiger partial charge in [0.25, 0.3) is 5.91 Å². The molecular formula is C27H32N4O4. The van der Waals surface area contributed by atoms with Gasteiger partial charge in [-0.1, -0.05) is 38.1 Å². The number of hydrogen-bond donors (Lipinski definition) is 4. The van der Waals surface area contributed by atoms with Crippen LogP contribution in [-0.2, 0) is 0 Å². The van der Waals surface area contributed by atoms with Crippen molar-refractivity contribution in [3.63, 3.8) is 0 Å². The molecule has 0 atom stereocenters. The zero-order valence-corrected chi connectivity index (χ0v) is 20.4. The lowest BCUT2D eigenvalue weighted by molar-refractivity contribution is 0.0838. The number of rotatable bonds is 9. The van der Waals surface area contributed by atoms with Crippen LogP contribution in [0.4, 0.5) is 0 Å². The Morgan fingerprint density at radius 3 is 2.69 bits per heavy atom. The second-order valence-electron chi connectivity index (χ2n) is 9.42. The summed E-state index contributed by atoms with van der Waals surface area (Å²) < 4.78 is 1.72. The first-order valence-electron chi connectivity index (χ1n) is 11.5. The van der Waals surface area contributed by atoms with Crippen LogP contribution in [-0.4, -0.2) is 37.9 Å². The standard InChI is InChI=1S/C27H32N4O4/c1-18(2)15-29-26(33)23-17-31(25-22(24(23)32)11-7-13-28-25)21-10-5-8-19(14-21)20(16-30-35)9-6-12-27(3,4)34/h5-11,13-14,16-18,30,34-35H,12,15H2,1-4H3,(H,29,33)/b9-6-,20-16+. The summed E-state index contributed by atoms with van der Waals surface area (Å²) in [5, 5.41) is 22.4. The smallest absolute Gasteiger partial charge is 0.256 e. The van der Waals surface area contributed by atoms with E-state index in [0.717, 1.165) is 5.56 Å². The number of pyridine rings is 2. The molecule has 0 aliphatic carbocycles. The van der Waals surface area contributed by atoms with E-state index in [1.165, 1.54) is 12.4 Å². The average molecular weight is 477 g/mol. The van der Waals surface area contributed by atoms with Crippen molar-refractivity contribution in [3.05, 3.63) is 88.5 Å². The van der Waals surface area contributed by atoms with Gasteiger partial charge in [0.1, 0.15) is 11.2 Å². The van der Waals surface area contributed by atoms with Gasteiger partial charge in [0.15, 0.2) is 0 Å². The normalized spacial score (nSPS) is 12.5. The van der Waals surface area contributed by atoms with Crippen LogP contribution in [0.3, 0.4) is 0 Å². The summed E-state index contributed by atoms with van der Waals surface area (Å²) in [7, 11) is 0. The van der Waals surface area contributed by atoms with Gasteiger partial charge < -0.3 is 15.0 Å². The largest absolute Gasteiger partial charge is 0.390 e. The molecule has 0 saturated heterocycles. The average Bonchev–Trinajstić information content (AvgIpc) is 2.82. The summed E-state index contributed by atoms with van der Waals surface area (Å²) in [5.74, 6) is -0.186. The van der Waals surface area contributed by atoms with E-state index >= 15 is 0 Å². The Bertz CT molecular complexity index is 1320. The number of allylic oxidation sites excluding steroid dienone is 2. The molecule has 3 aromatic rings. The monoisotopic (exact) mass is 476 g/mol. The molecule has 0 unspecified atom stereocenters. The zero-order chi connectivity index (χ0) is 25.6. The van der Waals surface area contributed by atoms with Crippen molar-refractivity contribution in [1.82, 2.24) is 20.3 Å². The SMILES string of the molecule is CC(C)CNC(=O)c1cn(-c2cccc(C(/C=C\CC(C)(C)O)=C/NO)c2)c2ncccc2c1=O. The topological polar surface area (TPSA) is 116 Å². The van der Waals surface area contributed by atoms with Crippen LogP contribution >= 0.6 is 0 Å². The predicted molar refractivity (Wildman–Crippen MR) is 137 cm³/mol. The molecule has 2 aromatic heterocycles. The van der Waals surface area contributed by atoms with E-state index in [2.05, 4.69) is 15.8 Å². The van der Waals surface area contributed by atoms with Gasteiger partial charge in [-0.05, 0) is 61.6 Å². The number of amides is 1. The number of hydroxylamine groups is 1. The first kappa shape index (κ1) is 25.9. The van der Waals surface area contributed by atoms with Gasteiger partial charge in [0.05, 0.1) is 11.0 Å². The molecule has 0 fully saturated rings. The van der Waals surface area contributed by atoms with Crippen LogP contribution in [0.25, 0.3) is 22.3 Å². The Hall–Kier alpha value is -3.75. The second-order valence-corrected chi connectivity index (χ2v) is 9.42. The summed E-state index contributed by atoms with van der Waals surface area (Å²) in [4.78, 5) is 30.3. The maximum Gasteiger partial charge on any atom is 0.256 e. The molecule has 8 heteroatoms. The molecule has 0 radical (unpaired) electrons. The fourth-order valence-electron chi connectivity index (χ4n) is 3.52. The van der Waals surface area contributed by atoms with Gasteiger partial charge in [-0.2, -0.15) is 0 Å². The maximum absolute atomic E-state index is 13.1. The molecule has 1 aromatic carbocycles. The Morgan fingerprint density at radius 2 is 2.00 bits per heavy atom. The third kappa shape index (κ3) is 6.65. The van der Waals surface area contributed by atoms with Gasteiger partial charge in [0.2, 0.25) is 5.43 Å². The van der Waals surface area contributed by atoms with E-state index in [9.17, 15) is 19.9 Å². The van der Waals surface area contributed by atoms with Gasteiger partial charge in [-0.25, -0.2) is 4.98 Å². The Morgan fingerprint density at radius 1 is 1.23 bits per heavy atom. The van der Waals surface area contributed by atoms with Crippen molar-refractivity contribution >= 4 is 22.5 Å². The van der Waals surface area contributed by atoms with Crippen molar-refractivity contribution < 1.29 is 15.1 Å². The summed E-state index contributed by atoms with van der Waals surface area (Å²) in [6, 6.07) is 10.8. The maximum atomic E-state index is 13.1. The quantitative estimate of drug-likeness (QED) is 0.276. The lowest BCUT2D eigenvalue weighted by Gasteiger charge is -2.15. The van der Waals surface area contributed by atoms with E-state index in [1.807, 2.05) is 44.2 Å². The molecule has 0 aliphatic heterocycles. The van der Waals surface area contributed by atoms with E-state index < -0.39 is 11.5 Å². The van der Waals surface area contributed by atoms with Crippen molar-refractivity contribution in [2.24, 2.45) is 5.92 Å². The molecule has 0 bridgehead atoms. The summed E-state index contributed by atoms with van der Waals surface area (Å²) >= 11 is 0.